The number of thioether (sulfide) groups is 1. The van der Waals surface area contributed by atoms with Gasteiger partial charge in [-0.2, -0.15) is 0 Å². The average molecular weight is 387 g/mol. The predicted octanol–water partition coefficient (Wildman–Crippen LogP) is 2.78. The van der Waals surface area contributed by atoms with E-state index in [-0.39, 0.29) is 11.7 Å². The summed E-state index contributed by atoms with van der Waals surface area (Å²) < 4.78 is 1.85. The van der Waals surface area contributed by atoms with E-state index in [4.69, 9.17) is 5.73 Å². The fraction of sp³-hybridized carbons (Fsp3) is 0.176. The normalized spacial score (nSPS) is 10.7. The van der Waals surface area contributed by atoms with Crippen molar-refractivity contribution < 1.29 is 9.59 Å². The van der Waals surface area contributed by atoms with E-state index < -0.39 is 5.91 Å². The van der Waals surface area contributed by atoms with E-state index in [1.165, 1.54) is 28.7 Å². The molecule has 0 bridgehead atoms. The summed E-state index contributed by atoms with van der Waals surface area (Å²) in [6, 6.07) is 7.69. The zero-order valence-corrected chi connectivity index (χ0v) is 15.9. The lowest BCUT2D eigenvalue weighted by Gasteiger charge is -2.10. The van der Waals surface area contributed by atoms with Crippen LogP contribution in [0.2, 0.25) is 0 Å². The molecule has 3 rings (SSSR count). The fourth-order valence-electron chi connectivity index (χ4n) is 2.46. The minimum absolute atomic E-state index is 0.139. The molecule has 134 valence electrons. The number of benzene rings is 1. The molecule has 0 radical (unpaired) electrons. The molecule has 2 heterocycles. The lowest BCUT2D eigenvalue weighted by atomic mass is 10.1. The molecule has 0 aliphatic carbocycles. The summed E-state index contributed by atoms with van der Waals surface area (Å²) >= 11 is 2.53. The molecule has 0 unspecified atom stereocenters. The van der Waals surface area contributed by atoms with Gasteiger partial charge in [-0.1, -0.05) is 29.5 Å². The first kappa shape index (κ1) is 18.2. The molecule has 0 aliphatic heterocycles. The van der Waals surface area contributed by atoms with Crippen molar-refractivity contribution in [3.63, 3.8) is 0 Å². The number of nitrogens with two attached hydrogens (primary N) is 1. The Morgan fingerprint density at radius 2 is 2.12 bits per heavy atom. The third-order valence-corrected chi connectivity index (χ3v) is 5.42. The highest BCUT2D eigenvalue weighted by atomic mass is 32.2. The third kappa shape index (κ3) is 3.94. The Labute approximate surface area is 158 Å². The van der Waals surface area contributed by atoms with Crippen LogP contribution in [0.5, 0.6) is 0 Å². The van der Waals surface area contributed by atoms with Gasteiger partial charge in [0.1, 0.15) is 11.3 Å². The Hall–Kier alpha value is -2.65. The van der Waals surface area contributed by atoms with Crippen LogP contribution in [0, 0.1) is 13.8 Å². The number of primary amides is 1. The number of nitrogens with one attached hydrogen (secondary N) is 1. The van der Waals surface area contributed by atoms with Crippen LogP contribution in [-0.2, 0) is 4.79 Å². The van der Waals surface area contributed by atoms with Gasteiger partial charge in [0.15, 0.2) is 5.16 Å². The second-order valence-corrected chi connectivity index (χ2v) is 7.50. The lowest BCUT2D eigenvalue weighted by Crippen LogP contribution is -2.18. The molecule has 0 saturated carbocycles. The number of aromatic nitrogens is 3. The molecule has 0 atom stereocenters. The first-order chi connectivity index (χ1) is 12.5. The van der Waals surface area contributed by atoms with E-state index in [0.29, 0.717) is 15.7 Å². The van der Waals surface area contributed by atoms with Gasteiger partial charge in [0.2, 0.25) is 5.91 Å². The first-order valence-corrected chi connectivity index (χ1v) is 9.60. The lowest BCUT2D eigenvalue weighted by molar-refractivity contribution is -0.113. The molecule has 0 aliphatic rings. The van der Waals surface area contributed by atoms with Crippen LogP contribution in [0.15, 0.2) is 41.1 Å². The summed E-state index contributed by atoms with van der Waals surface area (Å²) in [6.07, 6.45) is 1.63. The number of amides is 2. The van der Waals surface area contributed by atoms with Crippen LogP contribution in [0.4, 0.5) is 5.00 Å². The van der Waals surface area contributed by atoms with Gasteiger partial charge >= 0.3 is 0 Å². The van der Waals surface area contributed by atoms with Gasteiger partial charge in [0, 0.05) is 0 Å². The van der Waals surface area contributed by atoms with Crippen molar-refractivity contribution in [3.05, 3.63) is 52.7 Å². The van der Waals surface area contributed by atoms with Gasteiger partial charge in [-0.25, -0.2) is 0 Å². The second kappa shape index (κ2) is 7.71. The van der Waals surface area contributed by atoms with E-state index >= 15 is 0 Å². The van der Waals surface area contributed by atoms with Crippen molar-refractivity contribution >= 4 is 39.9 Å². The monoisotopic (exact) mass is 387 g/mol. The molecule has 26 heavy (non-hydrogen) atoms. The largest absolute Gasteiger partial charge is 0.366 e. The van der Waals surface area contributed by atoms with Crippen LogP contribution in [0.1, 0.15) is 21.5 Å². The highest BCUT2D eigenvalue weighted by Crippen LogP contribution is 2.25. The van der Waals surface area contributed by atoms with Crippen molar-refractivity contribution in [1.82, 2.24) is 14.8 Å². The summed E-state index contributed by atoms with van der Waals surface area (Å²) in [4.78, 5) is 23.5. The smallest absolute Gasteiger partial charge is 0.251 e. The third-order valence-electron chi connectivity index (χ3n) is 3.64. The Kier molecular flexibility index (Phi) is 5.38. The highest BCUT2D eigenvalue weighted by molar-refractivity contribution is 7.99. The summed E-state index contributed by atoms with van der Waals surface area (Å²) in [5.74, 6) is -0.668. The van der Waals surface area contributed by atoms with Crippen molar-refractivity contribution in [2.45, 2.75) is 19.0 Å². The van der Waals surface area contributed by atoms with E-state index in [1.807, 2.05) is 30.5 Å². The van der Waals surface area contributed by atoms with Gasteiger partial charge in [-0.15, -0.1) is 21.5 Å². The summed E-state index contributed by atoms with van der Waals surface area (Å²) in [5.41, 5.74) is 8.84. The van der Waals surface area contributed by atoms with E-state index in [0.717, 1.165) is 11.3 Å². The number of anilines is 1. The van der Waals surface area contributed by atoms with Crippen molar-refractivity contribution in [2.75, 3.05) is 11.1 Å². The number of carbonyl (C=O) groups is 2. The maximum absolute atomic E-state index is 12.2. The Bertz CT molecular complexity index is 964. The van der Waals surface area contributed by atoms with E-state index in [2.05, 4.69) is 21.6 Å². The molecular formula is C17H17N5O2S2. The van der Waals surface area contributed by atoms with Gasteiger partial charge in [-0.3, -0.25) is 14.2 Å². The maximum Gasteiger partial charge on any atom is 0.251 e. The number of hydrogen-bond acceptors (Lipinski definition) is 6. The van der Waals surface area contributed by atoms with Crippen LogP contribution in [0.3, 0.4) is 0 Å². The number of thiophene rings is 1. The molecule has 2 aromatic heterocycles. The standard InChI is InChI=1S/C17H17N5O2S2/c1-10-3-4-13(11(2)7-10)22-9-19-21-17(22)26-8-14(23)20-16-12(15(18)24)5-6-25-16/h3-7,9H,8H2,1-2H3,(H2,18,24)(H,20,23). The van der Waals surface area contributed by atoms with Crippen LogP contribution >= 0.6 is 23.1 Å². The summed E-state index contributed by atoms with van der Waals surface area (Å²) in [5, 5.41) is 13.5. The minimum atomic E-state index is -0.566. The molecule has 2 amide bonds. The number of hydrogen-bond donors (Lipinski definition) is 2. The number of nitrogens with zero attached hydrogens (tertiary/aromatic N) is 3. The highest BCUT2D eigenvalue weighted by Gasteiger charge is 2.15. The zero-order chi connectivity index (χ0) is 18.7. The van der Waals surface area contributed by atoms with Crippen molar-refractivity contribution in [2.24, 2.45) is 5.73 Å². The van der Waals surface area contributed by atoms with Gasteiger partial charge in [0.25, 0.3) is 5.91 Å². The van der Waals surface area contributed by atoms with E-state index in [1.54, 1.807) is 17.8 Å². The maximum atomic E-state index is 12.2. The quantitative estimate of drug-likeness (QED) is 0.633. The van der Waals surface area contributed by atoms with Gasteiger partial charge < -0.3 is 11.1 Å². The molecular weight excluding hydrogens is 370 g/mol. The second-order valence-electron chi connectivity index (χ2n) is 5.64. The molecule has 3 N–H and O–H groups in total. The molecule has 1 aromatic carbocycles. The predicted molar refractivity (Wildman–Crippen MR) is 103 cm³/mol. The molecule has 9 heteroatoms. The Morgan fingerprint density at radius 1 is 1.31 bits per heavy atom. The summed E-state index contributed by atoms with van der Waals surface area (Å²) in [7, 11) is 0. The fourth-order valence-corrected chi connectivity index (χ4v) is 3.99. The molecule has 0 fully saturated rings. The Morgan fingerprint density at radius 3 is 2.85 bits per heavy atom. The molecule has 7 nitrogen and oxygen atoms in total. The molecule has 0 spiro atoms. The number of rotatable bonds is 6. The van der Waals surface area contributed by atoms with Crippen molar-refractivity contribution in [3.8, 4) is 5.69 Å². The average Bonchev–Trinajstić information content (AvgIpc) is 3.22. The van der Waals surface area contributed by atoms with Crippen LogP contribution in [-0.4, -0.2) is 32.3 Å². The van der Waals surface area contributed by atoms with Gasteiger partial charge in [0.05, 0.1) is 17.0 Å². The Balaban J connectivity index is 1.69. The molecule has 3 aromatic rings. The first-order valence-electron chi connectivity index (χ1n) is 7.73. The van der Waals surface area contributed by atoms with Gasteiger partial charge in [-0.05, 0) is 36.9 Å². The summed E-state index contributed by atoms with van der Waals surface area (Å²) in [6.45, 7) is 4.06. The number of carbonyl (C=O) groups excluding carboxylic acids is 2. The van der Waals surface area contributed by atoms with Crippen LogP contribution < -0.4 is 11.1 Å². The molecule has 0 saturated heterocycles. The van der Waals surface area contributed by atoms with Crippen molar-refractivity contribution in [1.29, 1.82) is 0 Å². The van der Waals surface area contributed by atoms with Crippen LogP contribution in [0.25, 0.3) is 5.69 Å². The van der Waals surface area contributed by atoms with E-state index in [9.17, 15) is 9.59 Å². The number of aryl methyl sites for hydroxylation is 2. The topological polar surface area (TPSA) is 103 Å². The SMILES string of the molecule is Cc1ccc(-n2cnnc2SCC(=O)Nc2sccc2C(N)=O)c(C)c1. The zero-order valence-electron chi connectivity index (χ0n) is 14.2. The minimum Gasteiger partial charge on any atom is -0.366 e.